The molecule has 1 N–H and O–H groups in total. The van der Waals surface area contributed by atoms with Crippen LogP contribution in [0.5, 0.6) is 0 Å². The van der Waals surface area contributed by atoms with Crippen molar-refractivity contribution in [2.45, 2.75) is 13.5 Å². The fourth-order valence-electron chi connectivity index (χ4n) is 2.40. The molecule has 2 heterocycles. The standard InChI is InChI=1S/C16H14Cl3N5O/c1-9-6-14(23(2)21-9)16(25)20-15-13(19)8-24(22-15)7-10-11(17)4-3-5-12(10)18/h3-6,8H,7H2,1-2H3,(H,20,22,25). The highest BCUT2D eigenvalue weighted by atomic mass is 35.5. The van der Waals surface area contributed by atoms with Gasteiger partial charge in [0.15, 0.2) is 5.82 Å². The predicted molar refractivity (Wildman–Crippen MR) is 98.7 cm³/mol. The minimum atomic E-state index is -0.342. The van der Waals surface area contributed by atoms with Gasteiger partial charge in [0.2, 0.25) is 0 Å². The van der Waals surface area contributed by atoms with Crippen molar-refractivity contribution in [2.24, 2.45) is 7.05 Å². The van der Waals surface area contributed by atoms with Crippen molar-refractivity contribution in [3.63, 3.8) is 0 Å². The van der Waals surface area contributed by atoms with Gasteiger partial charge in [0.25, 0.3) is 5.91 Å². The number of nitrogens with one attached hydrogen (secondary N) is 1. The molecule has 0 bridgehead atoms. The highest BCUT2D eigenvalue weighted by Crippen LogP contribution is 2.27. The molecule has 0 fully saturated rings. The predicted octanol–water partition coefficient (Wildman–Crippen LogP) is 4.19. The van der Waals surface area contributed by atoms with E-state index in [1.54, 1.807) is 42.2 Å². The Balaban J connectivity index is 1.81. The summed E-state index contributed by atoms with van der Waals surface area (Å²) in [5, 5.41) is 12.5. The number of aromatic nitrogens is 4. The molecule has 0 spiro atoms. The number of amides is 1. The summed E-state index contributed by atoms with van der Waals surface area (Å²) >= 11 is 18.5. The van der Waals surface area contributed by atoms with Gasteiger partial charge in [-0.15, -0.1) is 0 Å². The van der Waals surface area contributed by atoms with E-state index < -0.39 is 0 Å². The highest BCUT2D eigenvalue weighted by molar-refractivity contribution is 6.36. The van der Waals surface area contributed by atoms with Gasteiger partial charge in [-0.25, -0.2) is 0 Å². The van der Waals surface area contributed by atoms with Crippen LogP contribution in [0.4, 0.5) is 5.82 Å². The van der Waals surface area contributed by atoms with Crippen molar-refractivity contribution in [3.8, 4) is 0 Å². The first-order chi connectivity index (χ1) is 11.8. The highest BCUT2D eigenvalue weighted by Gasteiger charge is 2.16. The molecule has 2 aromatic heterocycles. The van der Waals surface area contributed by atoms with E-state index in [1.807, 2.05) is 6.92 Å². The molecule has 25 heavy (non-hydrogen) atoms. The topological polar surface area (TPSA) is 64.7 Å². The van der Waals surface area contributed by atoms with E-state index in [-0.39, 0.29) is 11.7 Å². The molecule has 0 aliphatic heterocycles. The first-order valence-corrected chi connectivity index (χ1v) is 8.46. The largest absolute Gasteiger partial charge is 0.302 e. The summed E-state index contributed by atoms with van der Waals surface area (Å²) in [6.07, 6.45) is 1.60. The molecule has 0 atom stereocenters. The van der Waals surface area contributed by atoms with Crippen LogP contribution < -0.4 is 5.32 Å². The van der Waals surface area contributed by atoms with Crippen LogP contribution in [0.1, 0.15) is 21.7 Å². The molecule has 3 aromatic rings. The molecular weight excluding hydrogens is 385 g/mol. The van der Waals surface area contributed by atoms with Crippen LogP contribution in [0.25, 0.3) is 0 Å². The quantitative estimate of drug-likeness (QED) is 0.717. The number of hydrogen-bond donors (Lipinski definition) is 1. The van der Waals surface area contributed by atoms with E-state index in [2.05, 4.69) is 15.5 Å². The Labute approximate surface area is 159 Å². The van der Waals surface area contributed by atoms with Crippen LogP contribution in [0.15, 0.2) is 30.5 Å². The molecule has 3 rings (SSSR count). The minimum Gasteiger partial charge on any atom is -0.302 e. The van der Waals surface area contributed by atoms with E-state index in [9.17, 15) is 4.79 Å². The summed E-state index contributed by atoms with van der Waals surface area (Å²) in [7, 11) is 1.70. The maximum atomic E-state index is 12.4. The first-order valence-electron chi connectivity index (χ1n) is 7.33. The zero-order valence-corrected chi connectivity index (χ0v) is 15.7. The molecule has 1 aromatic carbocycles. The summed E-state index contributed by atoms with van der Waals surface area (Å²) in [6.45, 7) is 2.14. The number of aryl methyl sites for hydroxylation is 2. The van der Waals surface area contributed by atoms with E-state index >= 15 is 0 Å². The van der Waals surface area contributed by atoms with Crippen LogP contribution in [0, 0.1) is 6.92 Å². The van der Waals surface area contributed by atoms with Crippen molar-refractivity contribution in [1.82, 2.24) is 19.6 Å². The molecule has 0 saturated heterocycles. The molecule has 6 nitrogen and oxygen atoms in total. The van der Waals surface area contributed by atoms with Gasteiger partial charge in [0.05, 0.1) is 12.2 Å². The molecule has 0 saturated carbocycles. The third-order valence-electron chi connectivity index (χ3n) is 3.57. The maximum Gasteiger partial charge on any atom is 0.275 e. The maximum absolute atomic E-state index is 12.4. The molecular formula is C16H14Cl3N5O. The monoisotopic (exact) mass is 397 g/mol. The van der Waals surface area contributed by atoms with Crippen molar-refractivity contribution in [3.05, 3.63) is 62.5 Å². The summed E-state index contributed by atoms with van der Waals surface area (Å²) in [5.74, 6) is -0.0836. The number of benzene rings is 1. The van der Waals surface area contributed by atoms with E-state index in [1.165, 1.54) is 4.68 Å². The lowest BCUT2D eigenvalue weighted by Gasteiger charge is -2.07. The number of hydrogen-bond acceptors (Lipinski definition) is 3. The van der Waals surface area contributed by atoms with Gasteiger partial charge >= 0.3 is 0 Å². The van der Waals surface area contributed by atoms with E-state index in [4.69, 9.17) is 34.8 Å². The summed E-state index contributed by atoms with van der Waals surface area (Å²) in [6, 6.07) is 6.96. The van der Waals surface area contributed by atoms with Crippen molar-refractivity contribution in [2.75, 3.05) is 5.32 Å². The van der Waals surface area contributed by atoms with Gasteiger partial charge in [-0.1, -0.05) is 40.9 Å². The van der Waals surface area contributed by atoms with Gasteiger partial charge in [0, 0.05) is 28.9 Å². The van der Waals surface area contributed by atoms with Gasteiger partial charge in [-0.05, 0) is 25.1 Å². The average Bonchev–Trinajstić information content (AvgIpc) is 3.05. The zero-order valence-electron chi connectivity index (χ0n) is 13.4. The Morgan fingerprint density at radius 3 is 2.44 bits per heavy atom. The third-order valence-corrected chi connectivity index (χ3v) is 4.55. The number of anilines is 1. The minimum absolute atomic E-state index is 0.258. The third kappa shape index (κ3) is 3.81. The number of carbonyl (C=O) groups is 1. The van der Waals surface area contributed by atoms with Crippen molar-refractivity contribution in [1.29, 1.82) is 0 Å². The lowest BCUT2D eigenvalue weighted by atomic mass is 10.2. The number of halogens is 3. The smallest absolute Gasteiger partial charge is 0.275 e. The van der Waals surface area contributed by atoms with E-state index in [0.717, 1.165) is 11.3 Å². The molecule has 1 amide bonds. The van der Waals surface area contributed by atoms with Crippen molar-refractivity contribution >= 4 is 46.5 Å². The summed E-state index contributed by atoms with van der Waals surface area (Å²) < 4.78 is 3.07. The SMILES string of the molecule is Cc1cc(C(=O)Nc2nn(Cc3c(Cl)cccc3Cl)cc2Cl)n(C)n1. The molecule has 9 heteroatoms. The molecule has 130 valence electrons. The Hall–Kier alpha value is -2.02. The van der Waals surface area contributed by atoms with Crippen LogP contribution >= 0.6 is 34.8 Å². The molecule has 0 aliphatic carbocycles. The van der Waals surface area contributed by atoms with Crippen LogP contribution in [-0.4, -0.2) is 25.5 Å². The number of carbonyl (C=O) groups excluding carboxylic acids is 1. The summed E-state index contributed by atoms with van der Waals surface area (Å²) in [4.78, 5) is 12.4. The lowest BCUT2D eigenvalue weighted by molar-refractivity contribution is 0.101. The number of nitrogens with zero attached hydrogens (tertiary/aromatic N) is 4. The normalized spacial score (nSPS) is 10.9. The fraction of sp³-hybridized carbons (Fsp3) is 0.188. The lowest BCUT2D eigenvalue weighted by Crippen LogP contribution is -2.17. The van der Waals surface area contributed by atoms with Gasteiger partial charge in [-0.2, -0.15) is 10.2 Å². The zero-order chi connectivity index (χ0) is 18.1. The Morgan fingerprint density at radius 2 is 1.84 bits per heavy atom. The molecule has 0 radical (unpaired) electrons. The molecule has 0 aliphatic rings. The first kappa shape index (κ1) is 17.8. The summed E-state index contributed by atoms with van der Waals surface area (Å²) in [5.41, 5.74) is 1.89. The molecule has 0 unspecified atom stereocenters. The van der Waals surface area contributed by atoms with Gasteiger partial charge in [-0.3, -0.25) is 14.2 Å². The Bertz CT molecular complexity index is 927. The number of rotatable bonds is 4. The fourth-order valence-corrected chi connectivity index (χ4v) is 3.12. The van der Waals surface area contributed by atoms with Crippen LogP contribution in [0.3, 0.4) is 0 Å². The second-order valence-corrected chi connectivity index (χ2v) is 6.69. The van der Waals surface area contributed by atoms with Crippen molar-refractivity contribution < 1.29 is 4.79 Å². The second-order valence-electron chi connectivity index (χ2n) is 5.47. The van der Waals surface area contributed by atoms with Gasteiger partial charge in [0.1, 0.15) is 10.7 Å². The van der Waals surface area contributed by atoms with Crippen LogP contribution in [0.2, 0.25) is 15.1 Å². The Morgan fingerprint density at radius 1 is 1.16 bits per heavy atom. The second kappa shape index (κ2) is 7.07. The van der Waals surface area contributed by atoms with Crippen LogP contribution in [-0.2, 0) is 13.6 Å². The Kier molecular flexibility index (Phi) is 5.03. The van der Waals surface area contributed by atoms with Gasteiger partial charge < -0.3 is 5.32 Å². The van der Waals surface area contributed by atoms with E-state index in [0.29, 0.717) is 27.3 Å². The average molecular weight is 399 g/mol.